The molecule has 2 aliphatic heterocycles. The summed E-state index contributed by atoms with van der Waals surface area (Å²) in [6.07, 6.45) is 9.41. The molecule has 0 spiro atoms. The fraction of sp³-hybridized carbons (Fsp3) is 0.395. The summed E-state index contributed by atoms with van der Waals surface area (Å²) >= 11 is -0.517. The summed E-state index contributed by atoms with van der Waals surface area (Å²) in [7, 11) is 0. The molecule has 0 aliphatic carbocycles. The summed E-state index contributed by atoms with van der Waals surface area (Å²) in [5.41, 5.74) is 22.8. The van der Waals surface area contributed by atoms with E-state index in [2.05, 4.69) is 292 Å². The van der Waals surface area contributed by atoms with Crippen molar-refractivity contribution in [3.8, 4) is 0 Å². The van der Waals surface area contributed by atoms with Gasteiger partial charge in [-0.3, -0.25) is 19.2 Å². The van der Waals surface area contributed by atoms with E-state index in [1.54, 1.807) is 0 Å². The van der Waals surface area contributed by atoms with E-state index < -0.39 is 23.2 Å². The van der Waals surface area contributed by atoms with Crippen molar-refractivity contribution in [1.82, 2.24) is 31.9 Å². The van der Waals surface area contributed by atoms with Crippen LogP contribution in [-0.2, 0) is 49.4 Å². The van der Waals surface area contributed by atoms with Crippen LogP contribution in [0.5, 0.6) is 0 Å². The zero-order chi connectivity index (χ0) is 71.9. The van der Waals surface area contributed by atoms with Crippen LogP contribution in [0.25, 0.3) is 0 Å². The molecule has 0 aromatic heterocycles. The Balaban J connectivity index is 0.000000295. The molecule has 98 heavy (non-hydrogen) atoms. The van der Waals surface area contributed by atoms with E-state index in [0.29, 0.717) is 12.8 Å². The first-order valence-corrected chi connectivity index (χ1v) is 37.5. The molecule has 2 heterocycles. The fourth-order valence-corrected chi connectivity index (χ4v) is 15.1. The predicted molar refractivity (Wildman–Crippen MR) is 404 cm³/mol. The molecule has 0 bridgehead atoms. The zero-order valence-corrected chi connectivity index (χ0v) is 68.3. The van der Waals surface area contributed by atoms with Crippen LogP contribution >= 0.6 is 0 Å². The maximum atomic E-state index is 13.7. The van der Waals surface area contributed by atoms with E-state index >= 15 is 0 Å². The first-order valence-electron chi connectivity index (χ1n) is 35.1. The number of rotatable bonds is 18. The van der Waals surface area contributed by atoms with Gasteiger partial charge in [-0.05, 0) is 159 Å². The molecule has 4 amide bonds. The van der Waals surface area contributed by atoms with Gasteiger partial charge in [0.25, 0.3) is 23.6 Å². The molecule has 10 nitrogen and oxygen atoms in total. The van der Waals surface area contributed by atoms with Gasteiger partial charge in [-0.1, -0.05) is 194 Å². The SMILES string of the molecule is CC(NC(=O)c1c(C(C)C)cc(C)cc1C(C)C)=C1C=CCC(=C(C)NC(=O)c2c(C(C)C)cc(C)cc2C(C)C)N1.CC(NC(=O)c1c(C(C)C)cc(C)cc1C(C)C)=C1C=CCC(=C(C)NC(=O)c2c(C(C)C)cc(C)cc2C(C)C)N1.[Zr].c1cc[c]([Zr][c]2ccccc2)cc1. The molecule has 0 fully saturated rings. The van der Waals surface area contributed by atoms with Crippen molar-refractivity contribution >= 4 is 30.2 Å². The average Bonchev–Trinajstić information content (AvgIpc) is 0.814. The van der Waals surface area contributed by atoms with Crippen LogP contribution < -0.4 is 38.4 Å². The number of benzene rings is 6. The van der Waals surface area contributed by atoms with E-state index in [1.807, 2.05) is 39.8 Å². The molecule has 8 rings (SSSR count). The summed E-state index contributed by atoms with van der Waals surface area (Å²) in [6, 6.07) is 38.6. The number of amides is 4. The van der Waals surface area contributed by atoms with Crippen molar-refractivity contribution in [2.24, 2.45) is 0 Å². The number of hydrogen-bond acceptors (Lipinski definition) is 6. The van der Waals surface area contributed by atoms with Crippen LogP contribution in [0, 0.1) is 27.7 Å². The van der Waals surface area contributed by atoms with Gasteiger partial charge in [-0.2, -0.15) is 0 Å². The summed E-state index contributed by atoms with van der Waals surface area (Å²) in [4.78, 5) is 54.8. The van der Waals surface area contributed by atoms with E-state index in [4.69, 9.17) is 0 Å². The molecule has 518 valence electrons. The zero-order valence-electron chi connectivity index (χ0n) is 63.4. The molecule has 0 saturated heterocycles. The van der Waals surface area contributed by atoms with Gasteiger partial charge < -0.3 is 31.9 Å². The molecule has 6 aromatic rings. The van der Waals surface area contributed by atoms with Gasteiger partial charge in [0.05, 0.1) is 11.4 Å². The van der Waals surface area contributed by atoms with Crippen molar-refractivity contribution in [2.45, 2.75) is 226 Å². The summed E-state index contributed by atoms with van der Waals surface area (Å²) in [5, 5.41) is 19.6. The van der Waals surface area contributed by atoms with Crippen molar-refractivity contribution in [3.63, 3.8) is 0 Å². The molecule has 2 aliphatic rings. The first-order chi connectivity index (χ1) is 45.7. The van der Waals surface area contributed by atoms with Crippen LogP contribution in [-0.4, -0.2) is 23.6 Å². The number of aryl methyl sites for hydroxylation is 4. The van der Waals surface area contributed by atoms with E-state index in [1.165, 1.54) is 28.8 Å². The van der Waals surface area contributed by atoms with Crippen LogP contribution in [0.15, 0.2) is 179 Å². The fourth-order valence-electron chi connectivity index (χ4n) is 12.5. The second kappa shape index (κ2) is 37.4. The second-order valence-corrected chi connectivity index (χ2v) is 32.4. The minimum absolute atomic E-state index is 0. The maximum absolute atomic E-state index is 13.7. The first kappa shape index (κ1) is 81.7. The minimum atomic E-state index is -0.517. The third-order valence-electron chi connectivity index (χ3n) is 17.8. The van der Waals surface area contributed by atoms with Crippen LogP contribution in [0.1, 0.15) is 307 Å². The Labute approximate surface area is 620 Å². The Kier molecular flexibility index (Phi) is 31.2. The number of allylic oxidation sites excluding steroid dienone is 8. The third kappa shape index (κ3) is 22.0. The van der Waals surface area contributed by atoms with Gasteiger partial charge in [-0.25, -0.2) is 0 Å². The van der Waals surface area contributed by atoms with Gasteiger partial charge in [0.15, 0.2) is 0 Å². The number of carbonyl (C=O) groups is 4. The number of carbonyl (C=O) groups excluding carboxylic acids is 4. The normalized spacial score (nSPS) is 14.8. The number of hydrogen-bond donors (Lipinski definition) is 6. The monoisotopic (exact) mass is 1470 g/mol. The third-order valence-corrected chi connectivity index (χ3v) is 20.9. The Morgan fingerprint density at radius 2 is 0.541 bits per heavy atom. The molecule has 6 aromatic carbocycles. The van der Waals surface area contributed by atoms with Gasteiger partial charge in [0.1, 0.15) is 0 Å². The molecule has 0 radical (unpaired) electrons. The topological polar surface area (TPSA) is 140 Å². The van der Waals surface area contributed by atoms with E-state index in [-0.39, 0.29) is 97.2 Å². The van der Waals surface area contributed by atoms with E-state index in [0.717, 1.165) is 112 Å². The Morgan fingerprint density at radius 3 is 0.745 bits per heavy atom. The number of nitrogens with one attached hydrogen (secondary N) is 6. The van der Waals surface area contributed by atoms with Crippen molar-refractivity contribution in [1.29, 1.82) is 0 Å². The predicted octanol–water partition coefficient (Wildman–Crippen LogP) is 19.7. The van der Waals surface area contributed by atoms with Gasteiger partial charge in [0.2, 0.25) is 0 Å². The van der Waals surface area contributed by atoms with E-state index in [9.17, 15) is 19.2 Å². The van der Waals surface area contributed by atoms with Crippen molar-refractivity contribution < 1.29 is 68.6 Å². The molecule has 0 unspecified atom stereocenters. The molecular weight excluding hydrogens is 1360 g/mol. The Bertz CT molecular complexity index is 3650. The van der Waals surface area contributed by atoms with Crippen molar-refractivity contribution in [3.05, 3.63) is 268 Å². The molecule has 0 atom stereocenters. The van der Waals surface area contributed by atoms with Crippen molar-refractivity contribution in [2.75, 3.05) is 0 Å². The van der Waals surface area contributed by atoms with Crippen LogP contribution in [0.3, 0.4) is 0 Å². The van der Waals surface area contributed by atoms with Crippen LogP contribution in [0.2, 0.25) is 0 Å². The average molecular weight is 1480 g/mol. The van der Waals surface area contributed by atoms with Gasteiger partial charge >= 0.3 is 90.4 Å². The standard InChI is InChI=1S/2C37H51N3O2.2C6H5.2Zr/c2*1-20(2)28-16-24(9)17-29(21(3)4)34(28)36(41)38-26(11)32-14-13-15-33(40-32)27(12)39-37(42)35-30(22(5)6)18-25(10)19-31(35)23(7)8;2*1-2-4-6-5-3-1;;/h2*13-14,16-23,40H,15H2,1-12H3,(H,38,41)(H,39,42);2*1-5H;;. The van der Waals surface area contributed by atoms with Crippen LogP contribution in [0.4, 0.5) is 0 Å². The van der Waals surface area contributed by atoms with Gasteiger partial charge in [0, 0.05) is 95.5 Å². The Hall–Kier alpha value is -6.99. The molecule has 12 heteroatoms. The van der Waals surface area contributed by atoms with Gasteiger partial charge in [-0.15, -0.1) is 0 Å². The quantitative estimate of drug-likeness (QED) is 0.0506. The second-order valence-electron chi connectivity index (χ2n) is 28.9. The summed E-state index contributed by atoms with van der Waals surface area (Å²) < 4.78 is 3.08. The Morgan fingerprint density at radius 1 is 0.337 bits per heavy atom. The summed E-state index contributed by atoms with van der Waals surface area (Å²) in [6.45, 7) is 50.1. The molecule has 0 saturated carbocycles. The molecule has 6 N–H and O–H groups in total. The molecular formula is C86H112N6O4Zr2. The summed E-state index contributed by atoms with van der Waals surface area (Å²) in [5.74, 6) is 1.48.